The molecule has 2 rings (SSSR count). The van der Waals surface area contributed by atoms with E-state index in [2.05, 4.69) is 15.6 Å². The van der Waals surface area contributed by atoms with E-state index >= 15 is 0 Å². The first kappa shape index (κ1) is 20.9. The summed E-state index contributed by atoms with van der Waals surface area (Å²) in [6.45, 7) is 5.93. The van der Waals surface area contributed by atoms with Crippen molar-refractivity contribution in [3.63, 3.8) is 0 Å². The Hall–Kier alpha value is -2.44. The number of para-hydroxylation sites is 1. The van der Waals surface area contributed by atoms with Crippen molar-refractivity contribution in [3.8, 4) is 0 Å². The van der Waals surface area contributed by atoms with Crippen LogP contribution in [0.15, 0.2) is 36.4 Å². The van der Waals surface area contributed by atoms with Gasteiger partial charge in [0.05, 0.1) is 12.2 Å². The number of amides is 2. The summed E-state index contributed by atoms with van der Waals surface area (Å²) in [7, 11) is 0. The Kier molecular flexibility index (Phi) is 7.76. The molecule has 0 unspecified atom stereocenters. The van der Waals surface area contributed by atoms with Crippen molar-refractivity contribution in [1.29, 1.82) is 0 Å². The highest BCUT2D eigenvalue weighted by molar-refractivity contribution is 6.17. The smallest absolute Gasteiger partial charge is 0.270 e. The van der Waals surface area contributed by atoms with Gasteiger partial charge in [0.15, 0.2) is 0 Å². The van der Waals surface area contributed by atoms with Gasteiger partial charge in [-0.1, -0.05) is 29.8 Å². The molecule has 0 aliphatic heterocycles. The summed E-state index contributed by atoms with van der Waals surface area (Å²) in [6, 6.07) is 10.8. The number of carbonyl (C=O) groups is 2. The quantitative estimate of drug-likeness (QED) is 0.534. The van der Waals surface area contributed by atoms with Crippen LogP contribution in [0.5, 0.6) is 0 Å². The second-order valence-electron chi connectivity index (χ2n) is 6.36. The fourth-order valence-electron chi connectivity index (χ4n) is 2.53. The van der Waals surface area contributed by atoms with Crippen LogP contribution in [0.4, 0.5) is 5.69 Å². The normalized spacial score (nSPS) is 10.7. The first-order chi connectivity index (χ1) is 12.9. The molecule has 27 heavy (non-hydrogen) atoms. The van der Waals surface area contributed by atoms with Crippen molar-refractivity contribution in [2.24, 2.45) is 0 Å². The molecule has 2 aromatic rings. The van der Waals surface area contributed by atoms with Crippen LogP contribution in [0, 0.1) is 6.92 Å². The third-order valence-electron chi connectivity index (χ3n) is 3.77. The molecule has 144 valence electrons. The van der Waals surface area contributed by atoms with Crippen molar-refractivity contribution in [1.82, 2.24) is 10.3 Å². The SMILES string of the molecule is Cc1ccc(C(=O)Nc2ccccc2CCOCCl)c(C(=O)NC(C)C)n1. The van der Waals surface area contributed by atoms with Gasteiger partial charge in [0, 0.05) is 17.4 Å². The van der Waals surface area contributed by atoms with Gasteiger partial charge >= 0.3 is 0 Å². The maximum atomic E-state index is 12.8. The van der Waals surface area contributed by atoms with E-state index in [0.29, 0.717) is 24.4 Å². The van der Waals surface area contributed by atoms with Crippen molar-refractivity contribution >= 4 is 29.1 Å². The number of alkyl halides is 1. The zero-order valence-electron chi connectivity index (χ0n) is 15.7. The first-order valence-electron chi connectivity index (χ1n) is 8.74. The van der Waals surface area contributed by atoms with E-state index in [4.69, 9.17) is 16.3 Å². The molecule has 0 atom stereocenters. The summed E-state index contributed by atoms with van der Waals surface area (Å²) < 4.78 is 5.17. The largest absolute Gasteiger partial charge is 0.365 e. The lowest BCUT2D eigenvalue weighted by Gasteiger charge is -2.14. The van der Waals surface area contributed by atoms with Crippen LogP contribution < -0.4 is 10.6 Å². The predicted molar refractivity (Wildman–Crippen MR) is 106 cm³/mol. The minimum absolute atomic E-state index is 0.0571. The minimum atomic E-state index is -0.387. The number of benzene rings is 1. The lowest BCUT2D eigenvalue weighted by atomic mass is 10.1. The van der Waals surface area contributed by atoms with Gasteiger partial charge in [-0.3, -0.25) is 9.59 Å². The summed E-state index contributed by atoms with van der Waals surface area (Å²) in [5.41, 5.74) is 2.59. The van der Waals surface area contributed by atoms with Gasteiger partial charge in [-0.05, 0) is 51.0 Å². The Balaban J connectivity index is 2.25. The number of ether oxygens (including phenoxy) is 1. The average molecular weight is 390 g/mol. The van der Waals surface area contributed by atoms with Gasteiger partial charge in [0.1, 0.15) is 11.8 Å². The fraction of sp³-hybridized carbons (Fsp3) is 0.350. The standard InChI is InChI=1S/C20H24ClN3O3/c1-13(2)22-20(26)18-16(9-8-14(3)23-18)19(25)24-17-7-5-4-6-15(17)10-11-27-12-21/h4-9,13H,10-12H2,1-3H3,(H,22,26)(H,24,25). The third-order valence-corrected chi connectivity index (χ3v) is 3.93. The van der Waals surface area contributed by atoms with Crippen LogP contribution in [0.1, 0.15) is 46.0 Å². The molecular formula is C20H24ClN3O3. The number of nitrogens with zero attached hydrogens (tertiary/aromatic N) is 1. The molecule has 0 radical (unpaired) electrons. The zero-order chi connectivity index (χ0) is 19.8. The number of hydrogen-bond donors (Lipinski definition) is 2. The molecule has 0 saturated heterocycles. The number of carbonyl (C=O) groups excluding carboxylic acids is 2. The molecule has 2 amide bonds. The highest BCUT2D eigenvalue weighted by atomic mass is 35.5. The van der Waals surface area contributed by atoms with E-state index in [1.54, 1.807) is 19.1 Å². The number of hydrogen-bond acceptors (Lipinski definition) is 4. The van der Waals surface area contributed by atoms with Crippen molar-refractivity contribution in [3.05, 3.63) is 58.9 Å². The molecule has 6 nitrogen and oxygen atoms in total. The van der Waals surface area contributed by atoms with Crippen molar-refractivity contribution in [2.75, 3.05) is 18.0 Å². The summed E-state index contributed by atoms with van der Waals surface area (Å²) >= 11 is 5.53. The molecular weight excluding hydrogens is 366 g/mol. The third kappa shape index (κ3) is 6.05. The van der Waals surface area contributed by atoms with E-state index in [1.165, 1.54) is 0 Å². The Labute approximate surface area is 164 Å². The summed E-state index contributed by atoms with van der Waals surface area (Å²) in [5, 5.41) is 5.65. The van der Waals surface area contributed by atoms with Crippen LogP contribution in [-0.2, 0) is 11.2 Å². The van der Waals surface area contributed by atoms with E-state index in [-0.39, 0.29) is 35.2 Å². The molecule has 1 aromatic heterocycles. The molecule has 1 heterocycles. The van der Waals surface area contributed by atoms with Crippen LogP contribution in [0.25, 0.3) is 0 Å². The summed E-state index contributed by atoms with van der Waals surface area (Å²) in [6.07, 6.45) is 0.607. The van der Waals surface area contributed by atoms with Gasteiger partial charge in [-0.15, -0.1) is 0 Å². The maximum absolute atomic E-state index is 12.8. The second kappa shape index (κ2) is 10.0. The molecule has 1 aromatic carbocycles. The molecule has 0 fully saturated rings. The number of aryl methyl sites for hydroxylation is 1. The number of halogens is 1. The minimum Gasteiger partial charge on any atom is -0.365 e. The van der Waals surface area contributed by atoms with Gasteiger partial charge < -0.3 is 15.4 Å². The number of anilines is 1. The fourth-order valence-corrected chi connectivity index (χ4v) is 2.64. The predicted octanol–water partition coefficient (Wildman–Crippen LogP) is 3.54. The Morgan fingerprint density at radius 3 is 2.59 bits per heavy atom. The summed E-state index contributed by atoms with van der Waals surface area (Å²) in [4.78, 5) is 29.5. The Morgan fingerprint density at radius 2 is 1.89 bits per heavy atom. The van der Waals surface area contributed by atoms with Crippen molar-refractivity contribution < 1.29 is 14.3 Å². The Morgan fingerprint density at radius 1 is 1.15 bits per heavy atom. The van der Waals surface area contributed by atoms with Gasteiger partial charge in [-0.25, -0.2) is 4.98 Å². The number of nitrogens with one attached hydrogen (secondary N) is 2. The molecule has 0 aliphatic rings. The zero-order valence-corrected chi connectivity index (χ0v) is 16.5. The highest BCUT2D eigenvalue weighted by Gasteiger charge is 2.20. The molecule has 0 aliphatic carbocycles. The number of aromatic nitrogens is 1. The molecule has 0 saturated carbocycles. The maximum Gasteiger partial charge on any atom is 0.270 e. The molecule has 0 spiro atoms. The Bertz CT molecular complexity index is 809. The average Bonchev–Trinajstić information content (AvgIpc) is 2.62. The van der Waals surface area contributed by atoms with Crippen LogP contribution >= 0.6 is 11.6 Å². The van der Waals surface area contributed by atoms with E-state index in [1.807, 2.05) is 38.1 Å². The monoisotopic (exact) mass is 389 g/mol. The van der Waals surface area contributed by atoms with E-state index < -0.39 is 0 Å². The van der Waals surface area contributed by atoms with Gasteiger partial charge in [0.2, 0.25) is 0 Å². The molecule has 0 bridgehead atoms. The van der Waals surface area contributed by atoms with Crippen LogP contribution in [-0.4, -0.2) is 35.5 Å². The van der Waals surface area contributed by atoms with Gasteiger partial charge in [-0.2, -0.15) is 0 Å². The molecule has 7 heteroatoms. The summed E-state index contributed by atoms with van der Waals surface area (Å²) in [5.74, 6) is -0.759. The van der Waals surface area contributed by atoms with Crippen LogP contribution in [0.2, 0.25) is 0 Å². The lowest BCUT2D eigenvalue weighted by molar-refractivity contribution is 0.0925. The van der Waals surface area contributed by atoms with E-state index in [0.717, 1.165) is 5.56 Å². The number of pyridine rings is 1. The van der Waals surface area contributed by atoms with E-state index in [9.17, 15) is 9.59 Å². The first-order valence-corrected chi connectivity index (χ1v) is 9.27. The van der Waals surface area contributed by atoms with Gasteiger partial charge in [0.25, 0.3) is 11.8 Å². The van der Waals surface area contributed by atoms with Crippen LogP contribution in [0.3, 0.4) is 0 Å². The van der Waals surface area contributed by atoms with Crippen molar-refractivity contribution in [2.45, 2.75) is 33.2 Å². The lowest BCUT2D eigenvalue weighted by Crippen LogP contribution is -2.33. The topological polar surface area (TPSA) is 80.3 Å². The molecule has 2 N–H and O–H groups in total. The highest BCUT2D eigenvalue weighted by Crippen LogP contribution is 2.18. The number of rotatable bonds is 8. The second-order valence-corrected chi connectivity index (χ2v) is 6.57.